The lowest BCUT2D eigenvalue weighted by Gasteiger charge is -2.26. The molecule has 0 fully saturated rings. The van der Waals surface area contributed by atoms with Gasteiger partial charge < -0.3 is 14.6 Å². The number of aromatic nitrogens is 1. The molecule has 2 aliphatic rings. The minimum atomic E-state index is -0.862. The highest BCUT2D eigenvalue weighted by molar-refractivity contribution is 7.12. The fourth-order valence-electron chi connectivity index (χ4n) is 3.50. The van der Waals surface area contributed by atoms with E-state index in [1.54, 1.807) is 60.1 Å². The first-order valence-corrected chi connectivity index (χ1v) is 9.68. The predicted molar refractivity (Wildman–Crippen MR) is 105 cm³/mol. The van der Waals surface area contributed by atoms with E-state index in [1.165, 1.54) is 16.2 Å². The lowest BCUT2D eigenvalue weighted by Crippen LogP contribution is -2.31. The van der Waals surface area contributed by atoms with Gasteiger partial charge in [-0.25, -0.2) is 0 Å². The van der Waals surface area contributed by atoms with Crippen LogP contribution in [-0.4, -0.2) is 28.6 Å². The zero-order valence-electron chi connectivity index (χ0n) is 14.9. The first-order chi connectivity index (χ1) is 14.1. The maximum absolute atomic E-state index is 13.2. The summed E-state index contributed by atoms with van der Waals surface area (Å²) in [6.45, 7) is 0.0992. The van der Waals surface area contributed by atoms with Crippen LogP contribution < -0.4 is 14.4 Å². The molecule has 0 aliphatic carbocycles. The maximum atomic E-state index is 13.2. The van der Waals surface area contributed by atoms with Gasteiger partial charge in [0.1, 0.15) is 6.04 Å². The maximum Gasteiger partial charge on any atom is 0.294 e. The largest absolute Gasteiger partial charge is 0.503 e. The van der Waals surface area contributed by atoms with Crippen LogP contribution in [0, 0.1) is 0 Å². The van der Waals surface area contributed by atoms with E-state index < -0.39 is 23.5 Å². The number of rotatable bonds is 4. The Hall–Kier alpha value is -3.65. The van der Waals surface area contributed by atoms with Gasteiger partial charge in [-0.15, -0.1) is 11.3 Å². The summed E-state index contributed by atoms with van der Waals surface area (Å²) in [7, 11) is 0. The highest BCUT2D eigenvalue weighted by Gasteiger charge is 2.45. The van der Waals surface area contributed by atoms with Crippen molar-refractivity contribution in [1.82, 2.24) is 4.98 Å². The zero-order valence-corrected chi connectivity index (χ0v) is 15.8. The fraction of sp³-hybridized carbons (Fsp3) is 0.0952. The second-order valence-corrected chi connectivity index (χ2v) is 7.39. The van der Waals surface area contributed by atoms with Crippen LogP contribution in [0.5, 0.6) is 11.5 Å². The van der Waals surface area contributed by atoms with Crippen LogP contribution >= 0.6 is 11.3 Å². The summed E-state index contributed by atoms with van der Waals surface area (Å²) in [5.41, 5.74) is 0.951. The van der Waals surface area contributed by atoms with Crippen molar-refractivity contribution in [2.24, 2.45) is 0 Å². The van der Waals surface area contributed by atoms with Crippen molar-refractivity contribution in [2.45, 2.75) is 6.04 Å². The lowest BCUT2D eigenvalue weighted by molar-refractivity contribution is -0.117. The monoisotopic (exact) mass is 406 g/mol. The number of aliphatic hydroxyl groups excluding tert-OH is 1. The van der Waals surface area contributed by atoms with Gasteiger partial charge in [-0.2, -0.15) is 0 Å². The van der Waals surface area contributed by atoms with Gasteiger partial charge in [0, 0.05) is 18.0 Å². The van der Waals surface area contributed by atoms with Gasteiger partial charge in [0.2, 0.25) is 12.6 Å². The highest BCUT2D eigenvalue weighted by Crippen LogP contribution is 2.44. The average Bonchev–Trinajstić information content (AvgIpc) is 3.48. The van der Waals surface area contributed by atoms with Crippen molar-refractivity contribution in [3.05, 3.63) is 82.0 Å². The molecular formula is C21H14N2O5S. The molecule has 2 aliphatic heterocycles. The van der Waals surface area contributed by atoms with E-state index in [-0.39, 0.29) is 12.4 Å². The first kappa shape index (κ1) is 17.4. The molecule has 8 heteroatoms. The van der Waals surface area contributed by atoms with Gasteiger partial charge in [0.05, 0.1) is 16.1 Å². The molecule has 1 amide bonds. The van der Waals surface area contributed by atoms with E-state index >= 15 is 0 Å². The van der Waals surface area contributed by atoms with Gasteiger partial charge in [-0.05, 0) is 35.7 Å². The third kappa shape index (κ3) is 2.76. The number of hydrogen-bond acceptors (Lipinski definition) is 7. The summed E-state index contributed by atoms with van der Waals surface area (Å²) in [5, 5.41) is 12.4. The standard InChI is InChI=1S/C21H14N2O5S/c24-19(16-5-3-9-29-16)17-18(13-4-1-2-8-22-13)23(21(26)20(17)25)12-6-7-14-15(10-12)28-11-27-14/h1-10,18,25H,11H2. The minimum absolute atomic E-state index is 0.00816. The van der Waals surface area contributed by atoms with Crippen molar-refractivity contribution >= 4 is 28.7 Å². The zero-order chi connectivity index (χ0) is 20.0. The van der Waals surface area contributed by atoms with Crippen LogP contribution in [-0.2, 0) is 4.79 Å². The number of Topliss-reactive ketones (excluding diaryl/α,β-unsaturated/α-hetero) is 1. The van der Waals surface area contributed by atoms with E-state index in [1.807, 2.05) is 0 Å². The number of amides is 1. The molecule has 0 bridgehead atoms. The third-order valence-corrected chi connectivity index (χ3v) is 5.67. The Morgan fingerprint density at radius 2 is 2.00 bits per heavy atom. The van der Waals surface area contributed by atoms with Crippen LogP contribution in [0.25, 0.3) is 0 Å². The van der Waals surface area contributed by atoms with E-state index in [4.69, 9.17) is 9.47 Å². The topological polar surface area (TPSA) is 89.0 Å². The van der Waals surface area contributed by atoms with Crippen molar-refractivity contribution in [1.29, 1.82) is 0 Å². The Bertz CT molecular complexity index is 1140. The molecule has 1 aromatic carbocycles. The number of anilines is 1. The first-order valence-electron chi connectivity index (χ1n) is 8.80. The number of benzene rings is 1. The quantitative estimate of drug-likeness (QED) is 0.666. The predicted octanol–water partition coefficient (Wildman–Crippen LogP) is 3.65. The summed E-state index contributed by atoms with van der Waals surface area (Å²) < 4.78 is 10.8. The molecular weight excluding hydrogens is 392 g/mol. The molecule has 3 aromatic rings. The minimum Gasteiger partial charge on any atom is -0.503 e. The second-order valence-electron chi connectivity index (χ2n) is 6.44. The fourth-order valence-corrected chi connectivity index (χ4v) is 4.17. The van der Waals surface area contributed by atoms with Crippen molar-refractivity contribution < 1.29 is 24.2 Å². The molecule has 29 heavy (non-hydrogen) atoms. The van der Waals surface area contributed by atoms with E-state index in [0.717, 1.165) is 0 Å². The molecule has 1 N–H and O–H groups in total. The number of pyridine rings is 1. The number of carbonyl (C=O) groups is 2. The SMILES string of the molecule is O=C(C1=C(O)C(=O)N(c2ccc3c(c2)OCO3)C1c1ccccn1)c1cccs1. The average molecular weight is 406 g/mol. The van der Waals surface area contributed by atoms with Crippen LogP contribution in [0.1, 0.15) is 21.4 Å². The van der Waals surface area contributed by atoms with Gasteiger partial charge in [-0.1, -0.05) is 12.1 Å². The summed E-state index contributed by atoms with van der Waals surface area (Å²) in [6, 6.07) is 12.8. The molecule has 1 unspecified atom stereocenters. The molecule has 4 heterocycles. The number of carbonyl (C=O) groups excluding carboxylic acids is 2. The number of ether oxygens (including phenoxy) is 2. The molecule has 1 atom stereocenters. The van der Waals surface area contributed by atoms with Gasteiger partial charge >= 0.3 is 0 Å². The van der Waals surface area contributed by atoms with Gasteiger partial charge in [0.15, 0.2) is 17.3 Å². The molecule has 5 rings (SSSR count). The van der Waals surface area contributed by atoms with Crippen LogP contribution in [0.3, 0.4) is 0 Å². The van der Waals surface area contributed by atoms with Crippen LogP contribution in [0.4, 0.5) is 5.69 Å². The Kier molecular flexibility index (Phi) is 4.06. The Morgan fingerprint density at radius 1 is 1.14 bits per heavy atom. The van der Waals surface area contributed by atoms with E-state index in [2.05, 4.69) is 4.98 Å². The third-order valence-electron chi connectivity index (χ3n) is 4.80. The number of hydrogen-bond donors (Lipinski definition) is 1. The molecule has 0 saturated heterocycles. The number of fused-ring (bicyclic) bond motifs is 1. The van der Waals surface area contributed by atoms with E-state index in [9.17, 15) is 14.7 Å². The molecule has 2 aromatic heterocycles. The molecule has 0 saturated carbocycles. The number of ketones is 1. The van der Waals surface area contributed by atoms with Crippen molar-refractivity contribution in [3.63, 3.8) is 0 Å². The second kappa shape index (κ2) is 6.75. The molecule has 0 radical (unpaired) electrons. The number of nitrogens with zero attached hydrogens (tertiary/aromatic N) is 2. The van der Waals surface area contributed by atoms with Crippen LogP contribution in [0.15, 0.2) is 71.4 Å². The Morgan fingerprint density at radius 3 is 2.76 bits per heavy atom. The normalized spacial score (nSPS) is 17.9. The van der Waals surface area contributed by atoms with E-state index in [0.29, 0.717) is 27.8 Å². The van der Waals surface area contributed by atoms with Gasteiger partial charge in [0.25, 0.3) is 5.91 Å². The van der Waals surface area contributed by atoms with Crippen molar-refractivity contribution in [3.8, 4) is 11.5 Å². The lowest BCUT2D eigenvalue weighted by atomic mass is 9.98. The summed E-state index contributed by atoms with van der Waals surface area (Å²) in [5.74, 6) is -0.574. The smallest absolute Gasteiger partial charge is 0.294 e. The van der Waals surface area contributed by atoms with Crippen molar-refractivity contribution in [2.75, 3.05) is 11.7 Å². The number of aliphatic hydroxyl groups is 1. The summed E-state index contributed by atoms with van der Waals surface area (Å²) in [6.07, 6.45) is 1.58. The molecule has 7 nitrogen and oxygen atoms in total. The highest BCUT2D eigenvalue weighted by atomic mass is 32.1. The Labute approximate surface area is 169 Å². The Balaban J connectivity index is 1.65. The molecule has 0 spiro atoms. The number of thiophene rings is 1. The van der Waals surface area contributed by atoms with Gasteiger partial charge in [-0.3, -0.25) is 19.5 Å². The summed E-state index contributed by atoms with van der Waals surface area (Å²) in [4.78, 5) is 32.3. The molecule has 144 valence electrons. The van der Waals surface area contributed by atoms with Crippen LogP contribution in [0.2, 0.25) is 0 Å². The summed E-state index contributed by atoms with van der Waals surface area (Å²) >= 11 is 1.25.